The number of sulfonamides is 1. The molecular formula is C22H20ClN3O3S. The van der Waals surface area contributed by atoms with Gasteiger partial charge in [-0.25, -0.2) is 13.1 Å². The third-order valence-corrected chi connectivity index (χ3v) is 6.78. The highest BCUT2D eigenvalue weighted by atomic mass is 35.5. The number of rotatable bonds is 6. The van der Waals surface area contributed by atoms with Gasteiger partial charge in [-0.15, -0.1) is 0 Å². The zero-order chi connectivity index (χ0) is 21.9. The van der Waals surface area contributed by atoms with Crippen LogP contribution in [0.5, 0.6) is 5.75 Å². The highest BCUT2D eigenvalue weighted by molar-refractivity contribution is 7.89. The van der Waals surface area contributed by atoms with Gasteiger partial charge in [0.1, 0.15) is 10.6 Å². The molecule has 0 saturated carbocycles. The summed E-state index contributed by atoms with van der Waals surface area (Å²) in [4.78, 5) is 3.99. The summed E-state index contributed by atoms with van der Waals surface area (Å²) in [7, 11) is -2.36. The molecule has 0 fully saturated rings. The van der Waals surface area contributed by atoms with Gasteiger partial charge in [0.05, 0.1) is 35.5 Å². The maximum absolute atomic E-state index is 13.0. The van der Waals surface area contributed by atoms with Crippen molar-refractivity contribution in [3.8, 4) is 22.9 Å². The van der Waals surface area contributed by atoms with Crippen LogP contribution in [0.2, 0.25) is 5.02 Å². The summed E-state index contributed by atoms with van der Waals surface area (Å²) < 4.78 is 34.1. The van der Waals surface area contributed by atoms with E-state index >= 15 is 0 Å². The zero-order valence-electron chi connectivity index (χ0n) is 16.7. The highest BCUT2D eigenvalue weighted by Gasteiger charge is 2.29. The number of ether oxygens (including phenoxy) is 1. The molecule has 1 N–H and O–H groups in total. The van der Waals surface area contributed by atoms with Crippen molar-refractivity contribution in [1.29, 1.82) is 5.26 Å². The molecule has 0 spiro atoms. The van der Waals surface area contributed by atoms with Crippen molar-refractivity contribution in [2.45, 2.75) is 24.3 Å². The van der Waals surface area contributed by atoms with Gasteiger partial charge in [0.2, 0.25) is 10.0 Å². The molecule has 0 amide bonds. The van der Waals surface area contributed by atoms with E-state index in [9.17, 15) is 8.42 Å². The molecule has 0 aliphatic carbocycles. The lowest BCUT2D eigenvalue weighted by Crippen LogP contribution is -2.41. The minimum absolute atomic E-state index is 0.00683. The maximum Gasteiger partial charge on any atom is 0.242 e. The summed E-state index contributed by atoms with van der Waals surface area (Å²) in [5.74, 6) is 0.623. The monoisotopic (exact) mass is 441 g/mol. The first-order chi connectivity index (χ1) is 14.2. The van der Waals surface area contributed by atoms with E-state index in [0.717, 1.165) is 16.7 Å². The Kier molecular flexibility index (Phi) is 6.13. The summed E-state index contributed by atoms with van der Waals surface area (Å²) in [6.07, 6.45) is 3.30. The van der Waals surface area contributed by atoms with Gasteiger partial charge in [-0.3, -0.25) is 4.98 Å². The van der Waals surface area contributed by atoms with Crippen molar-refractivity contribution in [2.24, 2.45) is 0 Å². The van der Waals surface area contributed by atoms with E-state index in [1.54, 1.807) is 33.4 Å². The van der Waals surface area contributed by atoms with Crippen molar-refractivity contribution in [1.82, 2.24) is 9.71 Å². The number of aromatic nitrogens is 1. The molecule has 0 aliphatic rings. The third kappa shape index (κ3) is 4.46. The second-order valence-corrected chi connectivity index (χ2v) is 9.20. The van der Waals surface area contributed by atoms with Crippen molar-refractivity contribution in [3.63, 3.8) is 0 Å². The van der Waals surface area contributed by atoms with Crippen LogP contribution < -0.4 is 9.46 Å². The molecule has 30 heavy (non-hydrogen) atoms. The van der Waals surface area contributed by atoms with Gasteiger partial charge in [-0.1, -0.05) is 29.8 Å². The Morgan fingerprint density at radius 2 is 1.93 bits per heavy atom. The molecule has 0 aliphatic heterocycles. The number of halogens is 1. The Bertz CT molecular complexity index is 1230. The number of methoxy groups -OCH3 is 1. The Hall–Kier alpha value is -2.92. The van der Waals surface area contributed by atoms with Crippen LogP contribution in [-0.2, 0) is 15.6 Å². The van der Waals surface area contributed by atoms with Gasteiger partial charge < -0.3 is 4.74 Å². The summed E-state index contributed by atoms with van der Waals surface area (Å²) in [5.41, 5.74) is 1.83. The topological polar surface area (TPSA) is 92.1 Å². The molecule has 8 heteroatoms. The van der Waals surface area contributed by atoms with Crippen LogP contribution >= 0.6 is 11.6 Å². The van der Waals surface area contributed by atoms with Crippen LogP contribution in [0.3, 0.4) is 0 Å². The largest absolute Gasteiger partial charge is 0.494 e. The molecule has 3 rings (SSSR count). The Morgan fingerprint density at radius 1 is 1.17 bits per heavy atom. The number of pyridine rings is 1. The summed E-state index contributed by atoms with van der Waals surface area (Å²) in [5, 5.41) is 8.95. The lowest BCUT2D eigenvalue weighted by Gasteiger charge is -2.27. The zero-order valence-corrected chi connectivity index (χ0v) is 18.3. The Labute approximate surface area is 181 Å². The maximum atomic E-state index is 13.0. The van der Waals surface area contributed by atoms with Gasteiger partial charge in [0.25, 0.3) is 0 Å². The van der Waals surface area contributed by atoms with Gasteiger partial charge in [-0.2, -0.15) is 5.26 Å². The second-order valence-electron chi connectivity index (χ2n) is 7.14. The molecule has 154 valence electrons. The van der Waals surface area contributed by atoms with E-state index in [0.29, 0.717) is 5.75 Å². The number of nitriles is 1. The lowest BCUT2D eigenvalue weighted by atomic mass is 9.92. The number of benzene rings is 2. The molecule has 0 bridgehead atoms. The second kappa shape index (κ2) is 8.44. The molecule has 0 atom stereocenters. The number of nitrogens with zero attached hydrogens (tertiary/aromatic N) is 2. The van der Waals surface area contributed by atoms with E-state index in [-0.39, 0.29) is 15.5 Å². The minimum atomic E-state index is -3.94. The Morgan fingerprint density at radius 3 is 2.60 bits per heavy atom. The van der Waals surface area contributed by atoms with E-state index in [1.807, 2.05) is 36.4 Å². The molecular weight excluding hydrogens is 422 g/mol. The molecule has 0 radical (unpaired) electrons. The number of nitrogens with one attached hydrogen (secondary N) is 1. The van der Waals surface area contributed by atoms with Crippen LogP contribution in [0.25, 0.3) is 11.1 Å². The van der Waals surface area contributed by atoms with E-state index in [2.05, 4.69) is 9.71 Å². The smallest absolute Gasteiger partial charge is 0.242 e. The molecule has 0 unspecified atom stereocenters. The van der Waals surface area contributed by atoms with E-state index in [1.165, 1.54) is 18.2 Å². The van der Waals surface area contributed by atoms with Gasteiger partial charge in [-0.05, 0) is 55.3 Å². The van der Waals surface area contributed by atoms with E-state index in [4.69, 9.17) is 21.6 Å². The molecule has 1 aromatic heterocycles. The fraction of sp³-hybridized carbons (Fsp3) is 0.182. The molecule has 0 saturated heterocycles. The highest BCUT2D eigenvalue weighted by Crippen LogP contribution is 2.33. The molecule has 3 aromatic rings. The predicted molar refractivity (Wildman–Crippen MR) is 116 cm³/mol. The van der Waals surface area contributed by atoms with Gasteiger partial charge in [0.15, 0.2) is 0 Å². The summed E-state index contributed by atoms with van der Waals surface area (Å²) in [6.45, 7) is 3.54. The van der Waals surface area contributed by atoms with Crippen LogP contribution in [0.15, 0.2) is 65.8 Å². The van der Waals surface area contributed by atoms with Crippen LogP contribution in [0, 0.1) is 11.3 Å². The van der Waals surface area contributed by atoms with Crippen molar-refractivity contribution in [3.05, 3.63) is 77.1 Å². The normalized spacial score (nSPS) is 11.7. The fourth-order valence-corrected chi connectivity index (χ4v) is 5.04. The van der Waals surface area contributed by atoms with Crippen LogP contribution in [0.4, 0.5) is 0 Å². The average Bonchev–Trinajstić information content (AvgIpc) is 2.72. The summed E-state index contributed by atoms with van der Waals surface area (Å²) >= 11 is 6.12. The molecule has 1 heterocycles. The minimum Gasteiger partial charge on any atom is -0.494 e. The standard InChI is InChI=1S/C22H20ClN3O3S/c1-22(2,26-30(27,28)21-8-7-15(13-24)11-19(21)23)17-6-4-5-16(12-17)18-9-10-25-14-20(18)29-3/h4-12,14,26H,1-3H3. The van der Waals surface area contributed by atoms with Crippen molar-refractivity contribution in [2.75, 3.05) is 7.11 Å². The van der Waals surface area contributed by atoms with E-state index < -0.39 is 15.6 Å². The predicted octanol–water partition coefficient (Wildman–Crippen LogP) is 4.50. The molecule has 6 nitrogen and oxygen atoms in total. The van der Waals surface area contributed by atoms with Crippen LogP contribution in [0.1, 0.15) is 25.0 Å². The first-order valence-corrected chi connectivity index (χ1v) is 10.9. The van der Waals surface area contributed by atoms with Crippen molar-refractivity contribution >= 4 is 21.6 Å². The fourth-order valence-electron chi connectivity index (χ4n) is 3.09. The van der Waals surface area contributed by atoms with Gasteiger partial charge in [0, 0.05) is 11.8 Å². The van der Waals surface area contributed by atoms with Crippen LogP contribution in [-0.4, -0.2) is 20.5 Å². The average molecular weight is 442 g/mol. The molecule has 2 aromatic carbocycles. The first kappa shape index (κ1) is 21.8. The summed E-state index contributed by atoms with van der Waals surface area (Å²) in [6, 6.07) is 15.4. The SMILES string of the molecule is COc1cnccc1-c1cccc(C(C)(C)NS(=O)(=O)c2ccc(C#N)cc2Cl)c1. The number of hydrogen-bond acceptors (Lipinski definition) is 5. The number of hydrogen-bond donors (Lipinski definition) is 1. The first-order valence-electron chi connectivity index (χ1n) is 9.00. The lowest BCUT2D eigenvalue weighted by molar-refractivity contribution is 0.414. The Balaban J connectivity index is 1.97. The quantitative estimate of drug-likeness (QED) is 0.608. The van der Waals surface area contributed by atoms with Crippen molar-refractivity contribution < 1.29 is 13.2 Å². The third-order valence-electron chi connectivity index (χ3n) is 4.64. The van der Waals surface area contributed by atoms with Gasteiger partial charge >= 0.3 is 0 Å².